The smallest absolute Gasteiger partial charge is 0.259 e. The first kappa shape index (κ1) is 18.1. The Morgan fingerprint density at radius 3 is 2.77 bits per heavy atom. The van der Waals surface area contributed by atoms with E-state index in [9.17, 15) is 4.79 Å². The van der Waals surface area contributed by atoms with Crippen molar-refractivity contribution in [2.24, 2.45) is 0 Å². The molecule has 0 radical (unpaired) electrons. The van der Waals surface area contributed by atoms with E-state index in [1.165, 1.54) is 0 Å². The van der Waals surface area contributed by atoms with Gasteiger partial charge >= 0.3 is 0 Å². The molecule has 0 spiro atoms. The molecule has 1 N–H and O–H groups in total. The number of ether oxygens (including phenoxy) is 1. The molecule has 6 nitrogen and oxygen atoms in total. The Morgan fingerprint density at radius 2 is 2.04 bits per heavy atom. The van der Waals surface area contributed by atoms with Gasteiger partial charge in [0.1, 0.15) is 0 Å². The molecule has 0 atom stereocenters. The third kappa shape index (κ3) is 4.08. The Bertz CT molecular complexity index is 888. The van der Waals surface area contributed by atoms with Crippen molar-refractivity contribution in [3.63, 3.8) is 0 Å². The molecule has 0 aliphatic heterocycles. The van der Waals surface area contributed by atoms with Gasteiger partial charge in [0.25, 0.3) is 11.6 Å². The molecule has 6 heteroatoms. The molecule has 136 valence electrons. The van der Waals surface area contributed by atoms with Crippen molar-refractivity contribution in [1.82, 2.24) is 15.5 Å². The first-order valence-corrected chi connectivity index (χ1v) is 8.78. The van der Waals surface area contributed by atoms with E-state index in [1.807, 2.05) is 51.1 Å². The van der Waals surface area contributed by atoms with E-state index in [0.29, 0.717) is 41.2 Å². The average molecular weight is 353 g/mol. The zero-order valence-corrected chi connectivity index (χ0v) is 15.3. The first-order chi connectivity index (χ1) is 12.6. The fourth-order valence-corrected chi connectivity index (χ4v) is 2.72. The molecule has 1 aromatic carbocycles. The summed E-state index contributed by atoms with van der Waals surface area (Å²) in [6.07, 6.45) is 0.949. The number of benzene rings is 1. The second kappa shape index (κ2) is 8.10. The molecule has 0 aliphatic carbocycles. The van der Waals surface area contributed by atoms with Gasteiger partial charge in [-0.25, -0.2) is 4.98 Å². The number of carbonyl (C=O) groups excluding carboxylic acids is 1. The van der Waals surface area contributed by atoms with Crippen molar-refractivity contribution in [3.8, 4) is 11.3 Å². The lowest BCUT2D eigenvalue weighted by Gasteiger charge is -2.10. The van der Waals surface area contributed by atoms with Crippen LogP contribution in [0.4, 0.5) is 0 Å². The van der Waals surface area contributed by atoms with Gasteiger partial charge < -0.3 is 14.6 Å². The summed E-state index contributed by atoms with van der Waals surface area (Å²) in [7, 11) is 0. The minimum Gasteiger partial charge on any atom is -0.379 e. The lowest BCUT2D eigenvalue weighted by molar-refractivity contribution is 0.0757. The Kier molecular flexibility index (Phi) is 5.63. The lowest BCUT2D eigenvalue weighted by Crippen LogP contribution is -2.26. The van der Waals surface area contributed by atoms with E-state index >= 15 is 0 Å². The van der Waals surface area contributed by atoms with Gasteiger partial charge in [0, 0.05) is 18.7 Å². The molecule has 3 aromatic rings. The number of hydrogen-bond acceptors (Lipinski definition) is 5. The molecule has 0 bridgehead atoms. The summed E-state index contributed by atoms with van der Waals surface area (Å²) in [5.74, 6) is -0.162. The van der Waals surface area contributed by atoms with Gasteiger partial charge in [-0.15, -0.1) is 0 Å². The van der Waals surface area contributed by atoms with Crippen molar-refractivity contribution in [2.45, 2.75) is 33.3 Å². The maximum atomic E-state index is 12.7. The largest absolute Gasteiger partial charge is 0.379 e. The number of aromatic nitrogens is 2. The topological polar surface area (TPSA) is 77.2 Å². The molecule has 0 saturated heterocycles. The number of carbonyl (C=O) groups is 1. The molecular weight excluding hydrogens is 330 g/mol. The van der Waals surface area contributed by atoms with Gasteiger partial charge in [0.15, 0.2) is 0 Å². The number of aryl methyl sites for hydroxylation is 1. The van der Waals surface area contributed by atoms with Crippen LogP contribution in [-0.2, 0) is 4.74 Å². The highest BCUT2D eigenvalue weighted by molar-refractivity contribution is 6.06. The summed E-state index contributed by atoms with van der Waals surface area (Å²) in [4.78, 5) is 17.2. The van der Waals surface area contributed by atoms with Gasteiger partial charge in [-0.05, 0) is 33.3 Å². The Labute approximate surface area is 152 Å². The minimum absolute atomic E-state index is 0.162. The number of rotatable bonds is 7. The Hall–Kier alpha value is -2.73. The van der Waals surface area contributed by atoms with Crippen LogP contribution in [0.5, 0.6) is 0 Å². The number of amides is 1. The SMILES string of the molecule is Cc1noc2nc(-c3ccccc3)cc(C(=O)NCCCOC(C)C)c12. The first-order valence-electron chi connectivity index (χ1n) is 8.78. The summed E-state index contributed by atoms with van der Waals surface area (Å²) in [5.41, 5.74) is 3.15. The molecule has 0 saturated carbocycles. The second-order valence-corrected chi connectivity index (χ2v) is 6.40. The van der Waals surface area contributed by atoms with Gasteiger partial charge in [0.2, 0.25) is 0 Å². The monoisotopic (exact) mass is 353 g/mol. The fourth-order valence-electron chi connectivity index (χ4n) is 2.72. The average Bonchev–Trinajstić information content (AvgIpc) is 3.02. The van der Waals surface area contributed by atoms with Crippen LogP contribution in [0.15, 0.2) is 40.9 Å². The van der Waals surface area contributed by atoms with E-state index in [0.717, 1.165) is 12.0 Å². The van der Waals surface area contributed by atoms with Crippen LogP contribution in [0.25, 0.3) is 22.4 Å². The maximum absolute atomic E-state index is 12.7. The lowest BCUT2D eigenvalue weighted by atomic mass is 10.1. The van der Waals surface area contributed by atoms with Crippen LogP contribution in [-0.4, -0.2) is 35.3 Å². The summed E-state index contributed by atoms with van der Waals surface area (Å²) in [6, 6.07) is 11.5. The van der Waals surface area contributed by atoms with Crippen LogP contribution in [0, 0.1) is 6.92 Å². The molecule has 0 aliphatic rings. The van der Waals surface area contributed by atoms with Gasteiger partial charge in [0.05, 0.1) is 28.4 Å². The van der Waals surface area contributed by atoms with Crippen LogP contribution in [0.2, 0.25) is 0 Å². The molecule has 2 aromatic heterocycles. The molecule has 3 rings (SSSR count). The van der Waals surface area contributed by atoms with E-state index in [4.69, 9.17) is 9.26 Å². The second-order valence-electron chi connectivity index (χ2n) is 6.40. The number of nitrogens with zero attached hydrogens (tertiary/aromatic N) is 2. The zero-order valence-electron chi connectivity index (χ0n) is 15.3. The van der Waals surface area contributed by atoms with E-state index in [-0.39, 0.29) is 12.0 Å². The fraction of sp³-hybridized carbons (Fsp3) is 0.350. The van der Waals surface area contributed by atoms with Crippen molar-refractivity contribution < 1.29 is 14.1 Å². The van der Waals surface area contributed by atoms with Crippen molar-refractivity contribution in [2.75, 3.05) is 13.2 Å². The standard InChI is InChI=1S/C20H23N3O3/c1-13(2)25-11-7-10-21-19(24)16-12-17(15-8-5-4-6-9-15)22-20-18(16)14(3)23-26-20/h4-6,8-9,12-13H,7,10-11H2,1-3H3,(H,21,24). The molecule has 0 unspecified atom stereocenters. The van der Waals surface area contributed by atoms with Crippen molar-refractivity contribution in [1.29, 1.82) is 0 Å². The van der Waals surface area contributed by atoms with Crippen molar-refractivity contribution >= 4 is 17.0 Å². The third-order valence-corrected chi connectivity index (χ3v) is 3.99. The van der Waals surface area contributed by atoms with E-state index in [1.54, 1.807) is 6.07 Å². The minimum atomic E-state index is -0.162. The summed E-state index contributed by atoms with van der Waals surface area (Å²) in [5, 5.41) is 7.56. The molecule has 2 heterocycles. The third-order valence-electron chi connectivity index (χ3n) is 3.99. The highest BCUT2D eigenvalue weighted by Crippen LogP contribution is 2.26. The van der Waals surface area contributed by atoms with E-state index < -0.39 is 0 Å². The van der Waals surface area contributed by atoms with Crippen molar-refractivity contribution in [3.05, 3.63) is 47.7 Å². The maximum Gasteiger partial charge on any atom is 0.259 e. The highest BCUT2D eigenvalue weighted by Gasteiger charge is 2.19. The molecular formula is C20H23N3O3. The number of nitrogens with one attached hydrogen (secondary N) is 1. The Morgan fingerprint density at radius 1 is 1.27 bits per heavy atom. The quantitative estimate of drug-likeness (QED) is 0.655. The molecule has 0 fully saturated rings. The number of hydrogen-bond donors (Lipinski definition) is 1. The predicted molar refractivity (Wildman–Crippen MR) is 100 cm³/mol. The van der Waals surface area contributed by atoms with Gasteiger partial charge in [-0.1, -0.05) is 35.5 Å². The van der Waals surface area contributed by atoms with Gasteiger partial charge in [-0.2, -0.15) is 0 Å². The Balaban J connectivity index is 1.84. The van der Waals surface area contributed by atoms with E-state index in [2.05, 4.69) is 15.5 Å². The van der Waals surface area contributed by atoms with Gasteiger partial charge in [-0.3, -0.25) is 4.79 Å². The highest BCUT2D eigenvalue weighted by atomic mass is 16.5. The summed E-state index contributed by atoms with van der Waals surface area (Å²) in [6.45, 7) is 6.95. The van der Waals surface area contributed by atoms with Crippen LogP contribution < -0.4 is 5.32 Å². The van der Waals surface area contributed by atoms with Crippen LogP contribution >= 0.6 is 0 Å². The number of pyridine rings is 1. The van der Waals surface area contributed by atoms with Crippen LogP contribution in [0.3, 0.4) is 0 Å². The summed E-state index contributed by atoms with van der Waals surface area (Å²) >= 11 is 0. The normalized spacial score (nSPS) is 11.2. The number of fused-ring (bicyclic) bond motifs is 1. The predicted octanol–water partition coefficient (Wildman–Crippen LogP) is 3.74. The molecule has 26 heavy (non-hydrogen) atoms. The zero-order chi connectivity index (χ0) is 18.5. The molecule has 1 amide bonds. The van der Waals surface area contributed by atoms with Crippen LogP contribution in [0.1, 0.15) is 36.3 Å². The summed E-state index contributed by atoms with van der Waals surface area (Å²) < 4.78 is 10.8.